The molecule has 8 atom stereocenters. The Balaban J connectivity index is 1.87. The number of primary amides is 1. The van der Waals surface area contributed by atoms with Crippen LogP contribution in [-0.4, -0.2) is 134 Å². The highest BCUT2D eigenvalue weighted by Gasteiger charge is 2.36. The number of H-pyrrole nitrogens is 1. The number of unbranched alkanes of at least 4 members (excludes halogenated alkanes) is 1. The summed E-state index contributed by atoms with van der Waals surface area (Å²) in [5.74, 6) is -9.89. The maximum atomic E-state index is 14.0. The SMILES string of the molecule is CC(C)[C@H](NC(=O)[C@H](Cc1c[nH]c2ccccc12)NC(=O)[C@@H](NC(=O)[C@H](CCC(=O)O)NC(=O)[C@H](CCCCN)NC(=O)[C@H](CCC(N)=O)NC(=O)[C@@H](N)Cc1ccc(O)cc1)[C@@H](C)O)C(=O)O. The van der Waals surface area contributed by atoms with Crippen molar-refractivity contribution in [1.29, 1.82) is 0 Å². The van der Waals surface area contributed by atoms with Crippen molar-refractivity contribution in [2.24, 2.45) is 23.1 Å². The molecule has 1 aromatic heterocycles. The molecule has 17 N–H and O–H groups in total. The van der Waals surface area contributed by atoms with E-state index in [1.165, 1.54) is 12.1 Å². The van der Waals surface area contributed by atoms with Crippen LogP contribution in [0.25, 0.3) is 10.9 Å². The fourth-order valence-corrected chi connectivity index (χ4v) is 7.07. The van der Waals surface area contributed by atoms with Crippen molar-refractivity contribution in [3.05, 3.63) is 65.9 Å². The lowest BCUT2D eigenvalue weighted by Gasteiger charge is -2.28. The van der Waals surface area contributed by atoms with Gasteiger partial charge >= 0.3 is 11.9 Å². The Morgan fingerprint density at radius 3 is 1.72 bits per heavy atom. The number of rotatable bonds is 29. The molecule has 0 saturated carbocycles. The summed E-state index contributed by atoms with van der Waals surface area (Å²) in [6, 6.07) is 2.60. The number of aromatic amines is 1. The molecule has 0 aliphatic carbocycles. The van der Waals surface area contributed by atoms with Crippen LogP contribution in [0.3, 0.4) is 0 Å². The number of carbonyl (C=O) groups is 9. The topological polar surface area (TPSA) is 401 Å². The highest BCUT2D eigenvalue weighted by molar-refractivity contribution is 5.98. The Labute approximate surface area is 392 Å². The van der Waals surface area contributed by atoms with Crippen LogP contribution < -0.4 is 49.1 Å². The zero-order valence-corrected chi connectivity index (χ0v) is 38.2. The van der Waals surface area contributed by atoms with Gasteiger partial charge in [-0.05, 0) is 87.2 Å². The first-order chi connectivity index (χ1) is 32.1. The third-order valence-electron chi connectivity index (χ3n) is 10.9. The molecule has 2 aromatic carbocycles. The maximum Gasteiger partial charge on any atom is 0.326 e. The highest BCUT2D eigenvalue weighted by Crippen LogP contribution is 2.20. The van der Waals surface area contributed by atoms with E-state index in [4.69, 9.17) is 17.2 Å². The van der Waals surface area contributed by atoms with Crippen molar-refractivity contribution >= 4 is 64.2 Å². The van der Waals surface area contributed by atoms with Crippen LogP contribution in [0, 0.1) is 5.92 Å². The van der Waals surface area contributed by atoms with Gasteiger partial charge in [-0.1, -0.05) is 44.2 Å². The van der Waals surface area contributed by atoms with E-state index < -0.39 is 120 Å². The first-order valence-electron chi connectivity index (χ1n) is 22.1. The number of nitrogens with one attached hydrogen (secondary N) is 7. The summed E-state index contributed by atoms with van der Waals surface area (Å²) < 4.78 is 0. The molecule has 3 rings (SSSR count). The van der Waals surface area contributed by atoms with E-state index in [2.05, 4.69) is 36.9 Å². The molecule has 372 valence electrons. The predicted molar refractivity (Wildman–Crippen MR) is 246 cm³/mol. The predicted octanol–water partition coefficient (Wildman–Crippen LogP) is -1.72. The fraction of sp³-hybridized carbons (Fsp3) is 0.489. The molecule has 3 aromatic rings. The van der Waals surface area contributed by atoms with Crippen molar-refractivity contribution < 1.29 is 63.6 Å². The van der Waals surface area contributed by atoms with Gasteiger partial charge in [-0.15, -0.1) is 0 Å². The minimum absolute atomic E-state index is 0.00416. The molecule has 1 heterocycles. The molecular weight excluding hydrogens is 889 g/mol. The number of para-hydroxylation sites is 1. The average Bonchev–Trinajstić information content (AvgIpc) is 3.69. The van der Waals surface area contributed by atoms with Crippen molar-refractivity contribution in [2.75, 3.05) is 6.54 Å². The zero-order chi connectivity index (χ0) is 50.7. The van der Waals surface area contributed by atoms with Crippen molar-refractivity contribution in [2.45, 2.75) is 127 Å². The molecule has 0 bridgehead atoms. The molecule has 7 amide bonds. The van der Waals surface area contributed by atoms with E-state index in [0.29, 0.717) is 28.5 Å². The first kappa shape index (κ1) is 55.2. The van der Waals surface area contributed by atoms with E-state index in [1.54, 1.807) is 56.4 Å². The second-order valence-corrected chi connectivity index (χ2v) is 16.8. The molecule has 23 heteroatoms. The number of aromatic hydroxyl groups is 1. The summed E-state index contributed by atoms with van der Waals surface area (Å²) in [5, 5.41) is 55.1. The van der Waals surface area contributed by atoms with Crippen LogP contribution >= 0.6 is 0 Å². The number of phenolic OH excluding ortho intramolecular Hbond substituents is 1. The number of aliphatic carboxylic acids is 2. The Bertz CT molecular complexity index is 2230. The minimum atomic E-state index is -1.82. The minimum Gasteiger partial charge on any atom is -0.508 e. The lowest BCUT2D eigenvalue weighted by atomic mass is 10.0. The summed E-state index contributed by atoms with van der Waals surface area (Å²) in [4.78, 5) is 121. The van der Waals surface area contributed by atoms with Crippen molar-refractivity contribution in [3.8, 4) is 5.75 Å². The standard InChI is InChI=1S/C45H64N10O13/c1-23(2)37(45(67)68)54-43(65)34(21-26-22-49-30-9-5-4-8-28(26)30)53-44(66)38(24(3)56)55-42(64)33(16-18-36(59)60)52-40(62)31(10-6-7-19-46)51-41(63)32(15-17-35(48)58)50-39(61)29(47)20-25-11-13-27(57)14-12-25/h4-5,8-9,11-14,22-24,29,31-34,37-38,49,56-57H,6-7,10,15-21,46-47H2,1-3H3,(H2,48,58)(H,50,61)(H,51,63)(H,52,62)(H,53,66)(H,54,65)(H,55,64)(H,59,60)(H,67,68)/t24-,29+,31+,32+,33+,34+,37+,38+/m1/s1. The second kappa shape index (κ2) is 26.9. The number of aromatic nitrogens is 1. The summed E-state index contributed by atoms with van der Waals surface area (Å²) >= 11 is 0. The Morgan fingerprint density at radius 1 is 0.632 bits per heavy atom. The van der Waals surface area contributed by atoms with Crippen LogP contribution in [-0.2, 0) is 56.0 Å². The largest absolute Gasteiger partial charge is 0.508 e. The average molecular weight is 953 g/mol. The van der Waals surface area contributed by atoms with Gasteiger partial charge in [-0.25, -0.2) is 4.79 Å². The normalized spacial score (nSPS) is 14.8. The number of hydrogen-bond donors (Lipinski definition) is 14. The van der Waals surface area contributed by atoms with Crippen molar-refractivity contribution in [1.82, 2.24) is 36.9 Å². The van der Waals surface area contributed by atoms with Crippen molar-refractivity contribution in [3.63, 3.8) is 0 Å². The van der Waals surface area contributed by atoms with E-state index in [0.717, 1.165) is 6.92 Å². The number of amides is 7. The monoisotopic (exact) mass is 952 g/mol. The number of aliphatic hydroxyl groups is 1. The number of phenols is 1. The molecule has 68 heavy (non-hydrogen) atoms. The molecule has 0 spiro atoms. The molecule has 0 unspecified atom stereocenters. The number of benzene rings is 2. The van der Waals surface area contributed by atoms with Crippen LogP contribution in [0.15, 0.2) is 54.7 Å². The van der Waals surface area contributed by atoms with Crippen LogP contribution in [0.4, 0.5) is 0 Å². The van der Waals surface area contributed by atoms with E-state index in [-0.39, 0.29) is 50.8 Å². The van der Waals surface area contributed by atoms with Gasteiger partial charge in [-0.3, -0.25) is 38.4 Å². The van der Waals surface area contributed by atoms with Gasteiger partial charge in [0.1, 0.15) is 42.0 Å². The zero-order valence-electron chi connectivity index (χ0n) is 38.2. The van der Waals surface area contributed by atoms with Crippen LogP contribution in [0.1, 0.15) is 76.8 Å². The maximum absolute atomic E-state index is 14.0. The summed E-state index contributed by atoms with van der Waals surface area (Å²) in [5.41, 5.74) is 19.0. The highest BCUT2D eigenvalue weighted by atomic mass is 16.4. The van der Waals surface area contributed by atoms with Gasteiger partial charge in [0, 0.05) is 36.4 Å². The van der Waals surface area contributed by atoms with Gasteiger partial charge in [0.05, 0.1) is 12.1 Å². The first-order valence-corrected chi connectivity index (χ1v) is 22.1. The van der Waals surface area contributed by atoms with Crippen LogP contribution in [0.2, 0.25) is 0 Å². The molecule has 0 fully saturated rings. The molecule has 0 aliphatic rings. The number of carbonyl (C=O) groups excluding carboxylic acids is 7. The molecule has 0 aliphatic heterocycles. The van der Waals surface area contributed by atoms with Gasteiger partial charge < -0.3 is 74.5 Å². The number of nitrogens with two attached hydrogens (primary N) is 3. The number of fused-ring (bicyclic) bond motifs is 1. The Kier molecular flexibility index (Phi) is 21.8. The fourth-order valence-electron chi connectivity index (χ4n) is 7.07. The van der Waals surface area contributed by atoms with Gasteiger partial charge in [0.25, 0.3) is 0 Å². The number of carboxylic acids is 2. The number of aliphatic hydroxyl groups excluding tert-OH is 1. The Morgan fingerprint density at radius 2 is 1.16 bits per heavy atom. The third kappa shape index (κ3) is 17.6. The summed E-state index contributed by atoms with van der Waals surface area (Å²) in [6.45, 7) is 4.50. The molecule has 23 nitrogen and oxygen atoms in total. The third-order valence-corrected chi connectivity index (χ3v) is 10.9. The van der Waals surface area contributed by atoms with E-state index in [1.807, 2.05) is 0 Å². The summed E-state index contributed by atoms with van der Waals surface area (Å²) in [7, 11) is 0. The lowest BCUT2D eigenvalue weighted by molar-refractivity contribution is -0.143. The van der Waals surface area contributed by atoms with Gasteiger partial charge in [0.15, 0.2) is 0 Å². The summed E-state index contributed by atoms with van der Waals surface area (Å²) in [6.07, 6.45) is -1.51. The van der Waals surface area contributed by atoms with Gasteiger partial charge in [0.2, 0.25) is 41.4 Å². The van der Waals surface area contributed by atoms with E-state index >= 15 is 0 Å². The van der Waals surface area contributed by atoms with Gasteiger partial charge in [-0.2, -0.15) is 0 Å². The van der Waals surface area contributed by atoms with E-state index in [9.17, 15) is 63.6 Å². The molecule has 0 saturated heterocycles. The molecule has 0 radical (unpaired) electrons. The second-order valence-electron chi connectivity index (χ2n) is 16.8. The molecular formula is C45H64N10O13. The van der Waals surface area contributed by atoms with Crippen LogP contribution in [0.5, 0.6) is 5.75 Å². The quantitative estimate of drug-likeness (QED) is 0.0344. The Hall–Kier alpha value is -7.11. The number of hydrogen-bond acceptors (Lipinski definition) is 13. The number of carboxylic acid groups (broad SMARTS) is 2. The smallest absolute Gasteiger partial charge is 0.326 e. The lowest BCUT2D eigenvalue weighted by Crippen LogP contribution is -2.62.